The van der Waals surface area contributed by atoms with Crippen molar-refractivity contribution in [1.82, 2.24) is 15.0 Å². The molecule has 29 heavy (non-hydrogen) atoms. The first kappa shape index (κ1) is 19.2. The van der Waals surface area contributed by atoms with Crippen molar-refractivity contribution in [2.24, 2.45) is 5.92 Å². The Labute approximate surface area is 171 Å². The normalized spacial score (nSPS) is 16.8. The first-order valence-electron chi connectivity index (χ1n) is 10.2. The van der Waals surface area contributed by atoms with Crippen molar-refractivity contribution >= 4 is 34.0 Å². The molecule has 3 aromatic rings. The van der Waals surface area contributed by atoms with E-state index in [2.05, 4.69) is 42.2 Å². The number of fused-ring (bicyclic) bond motifs is 1. The third kappa shape index (κ3) is 4.50. The lowest BCUT2D eigenvalue weighted by Gasteiger charge is -2.33. The highest BCUT2D eigenvalue weighted by molar-refractivity contribution is 5.87. The summed E-state index contributed by atoms with van der Waals surface area (Å²) in [6.07, 6.45) is 6.25. The number of carbonyl (C=O) groups excluding carboxylic acids is 1. The standard InChI is InChI=1S/C22H28N6O/c1-27(2)18-7-3-6-17(12-18)24-13-19(29)11-16-5-4-10-28(14-16)22-20-8-9-23-21(20)25-15-26-22/h3,6-9,12,15-16,24H,4-5,10-11,13-14H2,1-2H3,(H,23,25,26). The van der Waals surface area contributed by atoms with Gasteiger partial charge in [0, 0.05) is 51.2 Å². The lowest BCUT2D eigenvalue weighted by Crippen LogP contribution is -2.37. The second-order valence-electron chi connectivity index (χ2n) is 7.93. The molecule has 0 aliphatic carbocycles. The Kier molecular flexibility index (Phi) is 5.64. The number of aromatic amines is 1. The van der Waals surface area contributed by atoms with Crippen LogP contribution in [0.1, 0.15) is 19.3 Å². The molecule has 2 N–H and O–H groups in total. The first-order chi connectivity index (χ1) is 14.1. The number of Topliss-reactive ketones (excluding diaryl/α,β-unsaturated/α-hetero) is 1. The van der Waals surface area contributed by atoms with Crippen molar-refractivity contribution in [3.8, 4) is 0 Å². The maximum Gasteiger partial charge on any atom is 0.152 e. The van der Waals surface area contributed by atoms with E-state index in [0.717, 1.165) is 54.2 Å². The molecule has 7 nitrogen and oxygen atoms in total. The SMILES string of the molecule is CN(C)c1cccc(NCC(=O)CC2CCCN(c3ncnc4[nH]ccc34)C2)c1. The van der Waals surface area contributed by atoms with Gasteiger partial charge in [0.25, 0.3) is 0 Å². The van der Waals surface area contributed by atoms with Gasteiger partial charge in [0.1, 0.15) is 17.8 Å². The van der Waals surface area contributed by atoms with Crippen LogP contribution >= 0.6 is 0 Å². The molecule has 4 rings (SSSR count). The molecule has 1 fully saturated rings. The van der Waals surface area contributed by atoms with Gasteiger partial charge >= 0.3 is 0 Å². The van der Waals surface area contributed by atoms with Gasteiger partial charge in [0.15, 0.2) is 5.78 Å². The minimum atomic E-state index is 0.251. The zero-order chi connectivity index (χ0) is 20.2. The third-order valence-electron chi connectivity index (χ3n) is 5.52. The van der Waals surface area contributed by atoms with E-state index >= 15 is 0 Å². The van der Waals surface area contributed by atoms with Crippen molar-refractivity contribution in [2.45, 2.75) is 19.3 Å². The van der Waals surface area contributed by atoms with Crippen LogP contribution in [0.15, 0.2) is 42.9 Å². The topological polar surface area (TPSA) is 77.2 Å². The fourth-order valence-electron chi connectivity index (χ4n) is 4.02. The smallest absolute Gasteiger partial charge is 0.152 e. The van der Waals surface area contributed by atoms with Gasteiger partial charge < -0.3 is 20.1 Å². The molecule has 1 aliphatic heterocycles. The van der Waals surface area contributed by atoms with E-state index in [9.17, 15) is 4.79 Å². The average molecular weight is 393 g/mol. The predicted octanol–water partition coefficient (Wildman–Crippen LogP) is 3.31. The van der Waals surface area contributed by atoms with Crippen LogP contribution in [-0.2, 0) is 4.79 Å². The summed E-state index contributed by atoms with van der Waals surface area (Å²) in [4.78, 5) is 28.9. The summed E-state index contributed by atoms with van der Waals surface area (Å²) < 4.78 is 0. The summed E-state index contributed by atoms with van der Waals surface area (Å²) >= 11 is 0. The molecule has 1 aromatic carbocycles. The van der Waals surface area contributed by atoms with Crippen LogP contribution in [0.4, 0.5) is 17.2 Å². The Hall–Kier alpha value is -3.09. The zero-order valence-corrected chi connectivity index (χ0v) is 17.1. The van der Waals surface area contributed by atoms with Crippen LogP contribution in [0, 0.1) is 5.92 Å². The van der Waals surface area contributed by atoms with Gasteiger partial charge in [-0.1, -0.05) is 6.07 Å². The number of hydrogen-bond donors (Lipinski definition) is 2. The lowest BCUT2D eigenvalue weighted by atomic mass is 9.92. The minimum absolute atomic E-state index is 0.251. The number of aromatic nitrogens is 3. The van der Waals surface area contributed by atoms with Crippen molar-refractivity contribution in [3.63, 3.8) is 0 Å². The van der Waals surface area contributed by atoms with E-state index < -0.39 is 0 Å². The number of anilines is 3. The van der Waals surface area contributed by atoms with Crippen LogP contribution in [0.5, 0.6) is 0 Å². The summed E-state index contributed by atoms with van der Waals surface area (Å²) in [5.74, 6) is 1.57. The molecule has 0 amide bonds. The number of benzene rings is 1. The fraction of sp³-hybridized carbons (Fsp3) is 0.409. The molecule has 2 aromatic heterocycles. The van der Waals surface area contributed by atoms with Crippen LogP contribution in [-0.4, -0.2) is 54.5 Å². The number of nitrogens with one attached hydrogen (secondary N) is 2. The molecular formula is C22H28N6O. The fourth-order valence-corrected chi connectivity index (χ4v) is 4.02. The highest BCUT2D eigenvalue weighted by Crippen LogP contribution is 2.28. The minimum Gasteiger partial charge on any atom is -0.378 e. The number of hydrogen-bond acceptors (Lipinski definition) is 6. The second-order valence-corrected chi connectivity index (χ2v) is 7.93. The van der Waals surface area contributed by atoms with Crippen LogP contribution in [0.3, 0.4) is 0 Å². The van der Waals surface area contributed by atoms with Gasteiger partial charge in [-0.25, -0.2) is 9.97 Å². The molecule has 0 bridgehead atoms. The van der Waals surface area contributed by atoms with Crippen LogP contribution in [0.25, 0.3) is 11.0 Å². The summed E-state index contributed by atoms with van der Waals surface area (Å²) in [6, 6.07) is 10.1. The summed E-state index contributed by atoms with van der Waals surface area (Å²) in [5, 5.41) is 4.32. The first-order valence-corrected chi connectivity index (χ1v) is 10.2. The van der Waals surface area contributed by atoms with Gasteiger partial charge in [0.05, 0.1) is 11.9 Å². The maximum atomic E-state index is 12.6. The number of ketones is 1. The van der Waals surface area contributed by atoms with Crippen molar-refractivity contribution in [1.29, 1.82) is 0 Å². The summed E-state index contributed by atoms with van der Waals surface area (Å²) in [7, 11) is 4.02. The molecule has 1 saturated heterocycles. The number of rotatable bonds is 7. The predicted molar refractivity (Wildman–Crippen MR) is 118 cm³/mol. The van der Waals surface area contributed by atoms with Gasteiger partial charge in [-0.05, 0) is 43.0 Å². The summed E-state index contributed by atoms with van der Waals surface area (Å²) in [5.41, 5.74) is 2.95. The Morgan fingerprint density at radius 3 is 3.07 bits per heavy atom. The van der Waals surface area contributed by atoms with E-state index in [0.29, 0.717) is 18.9 Å². The Morgan fingerprint density at radius 2 is 2.21 bits per heavy atom. The monoisotopic (exact) mass is 392 g/mol. The van der Waals surface area contributed by atoms with E-state index in [1.54, 1.807) is 6.33 Å². The number of piperidine rings is 1. The Morgan fingerprint density at radius 1 is 1.31 bits per heavy atom. The quantitative estimate of drug-likeness (QED) is 0.642. The molecule has 7 heteroatoms. The molecule has 3 heterocycles. The number of nitrogens with zero attached hydrogens (tertiary/aromatic N) is 4. The van der Waals surface area contributed by atoms with Crippen molar-refractivity contribution in [2.75, 3.05) is 48.8 Å². The Bertz CT molecular complexity index is 982. The van der Waals surface area contributed by atoms with Gasteiger partial charge in [-0.2, -0.15) is 0 Å². The van der Waals surface area contributed by atoms with E-state index in [1.165, 1.54) is 0 Å². The molecular weight excluding hydrogens is 364 g/mol. The molecule has 1 unspecified atom stereocenters. The molecule has 0 radical (unpaired) electrons. The third-order valence-corrected chi connectivity index (χ3v) is 5.52. The highest BCUT2D eigenvalue weighted by atomic mass is 16.1. The molecule has 1 atom stereocenters. The molecule has 1 aliphatic rings. The van der Waals surface area contributed by atoms with Crippen LogP contribution in [0.2, 0.25) is 0 Å². The summed E-state index contributed by atoms with van der Waals surface area (Å²) in [6.45, 7) is 2.19. The van der Waals surface area contributed by atoms with E-state index in [1.807, 2.05) is 38.5 Å². The van der Waals surface area contributed by atoms with Crippen molar-refractivity contribution in [3.05, 3.63) is 42.9 Å². The largest absolute Gasteiger partial charge is 0.378 e. The van der Waals surface area contributed by atoms with Crippen LogP contribution < -0.4 is 15.1 Å². The number of H-pyrrole nitrogens is 1. The Balaban J connectivity index is 1.34. The highest BCUT2D eigenvalue weighted by Gasteiger charge is 2.24. The van der Waals surface area contributed by atoms with Gasteiger partial charge in [-0.3, -0.25) is 4.79 Å². The lowest BCUT2D eigenvalue weighted by molar-refractivity contribution is -0.118. The average Bonchev–Trinajstić information content (AvgIpc) is 3.21. The molecule has 0 spiro atoms. The number of carbonyl (C=O) groups is 1. The zero-order valence-electron chi connectivity index (χ0n) is 17.1. The second kappa shape index (κ2) is 8.51. The molecule has 152 valence electrons. The van der Waals surface area contributed by atoms with Crippen molar-refractivity contribution < 1.29 is 4.79 Å². The van der Waals surface area contributed by atoms with E-state index in [-0.39, 0.29) is 5.78 Å². The van der Waals surface area contributed by atoms with E-state index in [4.69, 9.17) is 0 Å². The van der Waals surface area contributed by atoms with Gasteiger partial charge in [-0.15, -0.1) is 0 Å². The molecule has 0 saturated carbocycles. The maximum absolute atomic E-state index is 12.6. The van der Waals surface area contributed by atoms with Gasteiger partial charge in [0.2, 0.25) is 0 Å².